The van der Waals surface area contributed by atoms with Crippen LogP contribution in [0.5, 0.6) is 23.0 Å². The Labute approximate surface area is 159 Å². The van der Waals surface area contributed by atoms with E-state index < -0.39 is 20.3 Å². The highest BCUT2D eigenvalue weighted by atomic mass is 32.2. The molecule has 10 heteroatoms. The highest BCUT2D eigenvalue weighted by molar-refractivity contribution is 7.89. The molecule has 2 aromatic carbocycles. The summed E-state index contributed by atoms with van der Waals surface area (Å²) < 4.78 is 45.8. The molecule has 0 aliphatic heterocycles. The van der Waals surface area contributed by atoms with Gasteiger partial charge in [0.15, 0.2) is 16.2 Å². The molecule has 0 fully saturated rings. The fraction of sp³-hybridized carbons (Fsp3) is 0.167. The van der Waals surface area contributed by atoms with Gasteiger partial charge in [0.2, 0.25) is 21.2 Å². The van der Waals surface area contributed by atoms with E-state index in [0.717, 1.165) is 0 Å². The van der Waals surface area contributed by atoms with Gasteiger partial charge >= 0.3 is 0 Å². The van der Waals surface area contributed by atoms with Crippen molar-refractivity contribution >= 4 is 21.0 Å². The van der Waals surface area contributed by atoms with Crippen LogP contribution in [0.4, 0.5) is 0 Å². The first-order valence-electron chi connectivity index (χ1n) is 7.84. The molecular weight excluding hydrogens is 390 g/mol. The average molecular weight is 407 g/mol. The SMILES string of the molecule is COc1cc(OC)c2c(=O)c(OC)c(-c3ccc(O)cc3)oc2c1S(N)(=O)=O. The van der Waals surface area contributed by atoms with Crippen molar-refractivity contribution in [1.29, 1.82) is 0 Å². The molecule has 0 spiro atoms. The van der Waals surface area contributed by atoms with E-state index in [4.69, 9.17) is 23.8 Å². The van der Waals surface area contributed by atoms with Crippen molar-refractivity contribution in [2.24, 2.45) is 5.14 Å². The number of sulfonamides is 1. The van der Waals surface area contributed by atoms with Crippen LogP contribution in [0.1, 0.15) is 0 Å². The highest BCUT2D eigenvalue weighted by Gasteiger charge is 2.29. The van der Waals surface area contributed by atoms with E-state index in [1.807, 2.05) is 0 Å². The lowest BCUT2D eigenvalue weighted by molar-refractivity contribution is 0.381. The van der Waals surface area contributed by atoms with Gasteiger partial charge in [0.1, 0.15) is 22.6 Å². The normalized spacial score (nSPS) is 11.4. The Bertz CT molecular complexity index is 1210. The van der Waals surface area contributed by atoms with Crippen LogP contribution in [0.3, 0.4) is 0 Å². The number of ether oxygens (including phenoxy) is 3. The number of phenols is 1. The zero-order valence-electron chi connectivity index (χ0n) is 15.2. The van der Waals surface area contributed by atoms with Crippen molar-refractivity contribution in [3.63, 3.8) is 0 Å². The molecule has 0 radical (unpaired) electrons. The second-order valence-corrected chi connectivity index (χ2v) is 7.20. The number of hydrogen-bond acceptors (Lipinski definition) is 8. The van der Waals surface area contributed by atoms with Gasteiger partial charge < -0.3 is 23.7 Å². The van der Waals surface area contributed by atoms with Crippen molar-refractivity contribution in [3.8, 4) is 34.3 Å². The fourth-order valence-corrected chi connectivity index (χ4v) is 3.67. The van der Waals surface area contributed by atoms with Gasteiger partial charge in [0.05, 0.1) is 21.3 Å². The van der Waals surface area contributed by atoms with Crippen LogP contribution in [0.2, 0.25) is 0 Å². The smallest absolute Gasteiger partial charge is 0.245 e. The lowest BCUT2D eigenvalue weighted by atomic mass is 10.1. The first kappa shape index (κ1) is 19.5. The molecule has 3 N–H and O–H groups in total. The Morgan fingerprint density at radius 2 is 1.61 bits per heavy atom. The summed E-state index contributed by atoms with van der Waals surface area (Å²) in [6.45, 7) is 0. The maximum Gasteiger partial charge on any atom is 0.245 e. The Balaban J connectivity index is 2.58. The summed E-state index contributed by atoms with van der Waals surface area (Å²) in [5, 5.41) is 14.7. The van der Waals surface area contributed by atoms with Crippen molar-refractivity contribution in [3.05, 3.63) is 40.6 Å². The Kier molecular flexibility index (Phi) is 4.92. The summed E-state index contributed by atoms with van der Waals surface area (Å²) in [5.74, 6) is -0.318. The maximum atomic E-state index is 13.1. The van der Waals surface area contributed by atoms with E-state index in [1.165, 1.54) is 51.7 Å². The summed E-state index contributed by atoms with van der Waals surface area (Å²) in [7, 11) is -0.499. The van der Waals surface area contributed by atoms with Crippen LogP contribution in [0.25, 0.3) is 22.3 Å². The summed E-state index contributed by atoms with van der Waals surface area (Å²) in [6.07, 6.45) is 0. The molecule has 1 aromatic heterocycles. The van der Waals surface area contributed by atoms with Gasteiger partial charge in [-0.05, 0) is 24.3 Å². The molecule has 0 amide bonds. The Morgan fingerprint density at radius 1 is 1.00 bits per heavy atom. The summed E-state index contributed by atoms with van der Waals surface area (Å²) in [5.41, 5.74) is -0.611. The van der Waals surface area contributed by atoms with E-state index in [2.05, 4.69) is 0 Å². The van der Waals surface area contributed by atoms with Crippen molar-refractivity contribution in [2.45, 2.75) is 4.90 Å². The first-order chi connectivity index (χ1) is 13.2. The number of benzene rings is 2. The molecule has 0 saturated heterocycles. The molecule has 28 heavy (non-hydrogen) atoms. The number of nitrogens with two attached hydrogens (primary N) is 1. The molecule has 0 aliphatic rings. The molecule has 0 unspecified atom stereocenters. The van der Waals surface area contributed by atoms with Crippen LogP contribution in [0.15, 0.2) is 44.4 Å². The van der Waals surface area contributed by atoms with E-state index >= 15 is 0 Å². The standard InChI is InChI=1S/C18H17NO8S/c1-24-11-8-12(25-2)18(28(19,22)23)16-13(11)14(21)17(26-3)15(27-16)9-4-6-10(20)7-5-9/h4-8,20H,1-3H3,(H2,19,22,23). The molecule has 0 aliphatic carbocycles. The predicted octanol–water partition coefficient (Wildman–Crippen LogP) is 1.84. The van der Waals surface area contributed by atoms with E-state index in [1.54, 1.807) is 0 Å². The lowest BCUT2D eigenvalue weighted by Gasteiger charge is -2.15. The minimum absolute atomic E-state index is 0.000540. The summed E-state index contributed by atoms with van der Waals surface area (Å²) in [4.78, 5) is 12.6. The Hall–Kier alpha value is -3.24. The molecule has 1 heterocycles. The summed E-state index contributed by atoms with van der Waals surface area (Å²) >= 11 is 0. The lowest BCUT2D eigenvalue weighted by Crippen LogP contribution is -2.17. The molecule has 0 atom stereocenters. The number of methoxy groups -OCH3 is 3. The minimum atomic E-state index is -4.33. The van der Waals surface area contributed by atoms with Gasteiger partial charge in [-0.2, -0.15) is 0 Å². The monoisotopic (exact) mass is 407 g/mol. The van der Waals surface area contributed by atoms with Gasteiger partial charge in [-0.3, -0.25) is 4.79 Å². The maximum absolute atomic E-state index is 13.1. The number of primary sulfonamides is 1. The molecule has 9 nitrogen and oxygen atoms in total. The molecule has 0 saturated carbocycles. The van der Waals surface area contributed by atoms with E-state index in [-0.39, 0.29) is 39.7 Å². The highest BCUT2D eigenvalue weighted by Crippen LogP contribution is 2.41. The second kappa shape index (κ2) is 7.06. The van der Waals surface area contributed by atoms with E-state index in [0.29, 0.717) is 5.56 Å². The minimum Gasteiger partial charge on any atom is -0.508 e. The predicted molar refractivity (Wildman–Crippen MR) is 101 cm³/mol. The molecule has 148 valence electrons. The van der Waals surface area contributed by atoms with Gasteiger partial charge in [-0.1, -0.05) is 0 Å². The van der Waals surface area contributed by atoms with Crippen LogP contribution in [-0.2, 0) is 10.0 Å². The third kappa shape index (κ3) is 3.12. The number of rotatable bonds is 5. The number of fused-ring (bicyclic) bond motifs is 1. The molecule has 3 rings (SSSR count). The van der Waals surface area contributed by atoms with Crippen LogP contribution >= 0.6 is 0 Å². The third-order valence-corrected chi connectivity index (χ3v) is 5.02. The topological polar surface area (TPSA) is 138 Å². The van der Waals surface area contributed by atoms with Gasteiger partial charge in [-0.25, -0.2) is 13.6 Å². The zero-order chi connectivity index (χ0) is 20.6. The average Bonchev–Trinajstić information content (AvgIpc) is 2.66. The van der Waals surface area contributed by atoms with Gasteiger partial charge in [-0.15, -0.1) is 0 Å². The number of hydrogen-bond donors (Lipinski definition) is 2. The number of aromatic hydroxyl groups is 1. The first-order valence-corrected chi connectivity index (χ1v) is 9.39. The molecule has 3 aromatic rings. The van der Waals surface area contributed by atoms with Crippen molar-refractivity contribution in [1.82, 2.24) is 0 Å². The zero-order valence-corrected chi connectivity index (χ0v) is 16.0. The van der Waals surface area contributed by atoms with Crippen molar-refractivity contribution in [2.75, 3.05) is 21.3 Å². The summed E-state index contributed by atoms with van der Waals surface area (Å²) in [6, 6.07) is 6.96. The second-order valence-electron chi connectivity index (χ2n) is 5.70. The largest absolute Gasteiger partial charge is 0.508 e. The van der Waals surface area contributed by atoms with Gasteiger partial charge in [0.25, 0.3) is 0 Å². The quantitative estimate of drug-likeness (QED) is 0.653. The molecule has 0 bridgehead atoms. The number of phenolic OH excluding ortho intramolecular Hbond substituents is 1. The fourth-order valence-electron chi connectivity index (χ4n) is 2.84. The van der Waals surface area contributed by atoms with Crippen LogP contribution < -0.4 is 24.8 Å². The molecular formula is C18H17NO8S. The van der Waals surface area contributed by atoms with E-state index in [9.17, 15) is 18.3 Å². The van der Waals surface area contributed by atoms with Gasteiger partial charge in [0, 0.05) is 11.6 Å². The third-order valence-electron chi connectivity index (χ3n) is 4.07. The van der Waals surface area contributed by atoms with Crippen molar-refractivity contribution < 1.29 is 32.2 Å². The van der Waals surface area contributed by atoms with Crippen LogP contribution in [0, 0.1) is 0 Å². The Morgan fingerprint density at radius 3 is 2.11 bits per heavy atom. The van der Waals surface area contributed by atoms with Crippen LogP contribution in [-0.4, -0.2) is 34.9 Å².